The van der Waals surface area contributed by atoms with Gasteiger partial charge in [-0.3, -0.25) is 4.79 Å². The number of nitrogens with zero attached hydrogens (tertiary/aromatic N) is 3. The summed E-state index contributed by atoms with van der Waals surface area (Å²) in [6.45, 7) is 6.03. The lowest BCUT2D eigenvalue weighted by atomic mass is 10.1. The first-order valence-corrected chi connectivity index (χ1v) is 6.97. The van der Waals surface area contributed by atoms with Crippen molar-refractivity contribution in [3.63, 3.8) is 0 Å². The predicted octanol–water partition coefficient (Wildman–Crippen LogP) is 1.48. The summed E-state index contributed by atoms with van der Waals surface area (Å²) in [5.41, 5.74) is -0.541. The predicted molar refractivity (Wildman–Crippen MR) is 69.8 cm³/mol. The zero-order chi connectivity index (χ0) is 14.0. The molecule has 1 saturated heterocycles. The average molecular weight is 283 g/mol. The van der Waals surface area contributed by atoms with Crippen LogP contribution < -0.4 is 0 Å². The Morgan fingerprint density at radius 2 is 2.21 bits per heavy atom. The van der Waals surface area contributed by atoms with Crippen LogP contribution in [0.2, 0.25) is 0 Å². The molecule has 104 valence electrons. The summed E-state index contributed by atoms with van der Waals surface area (Å²) < 4.78 is 9.03. The largest absolute Gasteiger partial charge is 0.458 e. The van der Waals surface area contributed by atoms with Gasteiger partial charge in [0.1, 0.15) is 16.5 Å². The van der Waals surface area contributed by atoms with Crippen LogP contribution in [-0.2, 0) is 9.53 Å². The van der Waals surface area contributed by atoms with Crippen molar-refractivity contribution in [1.29, 1.82) is 0 Å². The molecular formula is C12H17N3O3S. The van der Waals surface area contributed by atoms with E-state index >= 15 is 0 Å². The number of ether oxygens (including phenoxy) is 1. The fraction of sp³-hybridized carbons (Fsp3) is 0.667. The number of carbonyl (C=O) groups is 2. The second-order valence-electron chi connectivity index (χ2n) is 5.47. The molecule has 1 fully saturated rings. The minimum atomic E-state index is -0.541. The smallest absolute Gasteiger partial charge is 0.329 e. The van der Waals surface area contributed by atoms with Gasteiger partial charge in [0.2, 0.25) is 0 Å². The molecule has 0 spiro atoms. The summed E-state index contributed by atoms with van der Waals surface area (Å²) in [6.07, 6.45) is 2.88. The molecule has 1 atom stereocenters. The van der Waals surface area contributed by atoms with Crippen LogP contribution in [0.5, 0.6) is 0 Å². The minimum absolute atomic E-state index is 0.191. The summed E-state index contributed by atoms with van der Waals surface area (Å²) in [6, 6.07) is -0.492. The van der Waals surface area contributed by atoms with Gasteiger partial charge in [0.15, 0.2) is 0 Å². The maximum absolute atomic E-state index is 12.2. The molecular weight excluding hydrogens is 266 g/mol. The highest BCUT2D eigenvalue weighted by molar-refractivity contribution is 7.07. The Kier molecular flexibility index (Phi) is 3.84. The fourth-order valence-corrected chi connectivity index (χ4v) is 2.50. The summed E-state index contributed by atoms with van der Waals surface area (Å²) >= 11 is 1.04. The molecule has 1 amide bonds. The van der Waals surface area contributed by atoms with E-state index in [1.54, 1.807) is 4.90 Å². The number of rotatable bonds is 2. The van der Waals surface area contributed by atoms with E-state index in [0.717, 1.165) is 18.0 Å². The second-order valence-corrected chi connectivity index (χ2v) is 6.26. The monoisotopic (exact) mass is 283 g/mol. The lowest BCUT2D eigenvalue weighted by Gasteiger charge is -2.27. The van der Waals surface area contributed by atoms with Crippen molar-refractivity contribution in [3.8, 4) is 0 Å². The van der Waals surface area contributed by atoms with Crippen molar-refractivity contribution in [3.05, 3.63) is 11.1 Å². The molecule has 0 saturated carbocycles. The summed E-state index contributed by atoms with van der Waals surface area (Å²) in [4.78, 5) is 26.4. The molecule has 0 aliphatic carbocycles. The first-order valence-electron chi connectivity index (χ1n) is 6.20. The topological polar surface area (TPSA) is 72.4 Å². The van der Waals surface area contributed by atoms with Crippen molar-refractivity contribution in [2.75, 3.05) is 6.54 Å². The lowest BCUT2D eigenvalue weighted by molar-refractivity contribution is -0.159. The van der Waals surface area contributed by atoms with Crippen molar-refractivity contribution in [1.82, 2.24) is 14.5 Å². The zero-order valence-electron chi connectivity index (χ0n) is 11.3. The maximum Gasteiger partial charge on any atom is 0.329 e. The highest BCUT2D eigenvalue weighted by Gasteiger charge is 2.37. The van der Waals surface area contributed by atoms with Crippen molar-refractivity contribution in [2.24, 2.45) is 0 Å². The first-order chi connectivity index (χ1) is 8.88. The maximum atomic E-state index is 12.2. The zero-order valence-corrected chi connectivity index (χ0v) is 12.1. The first kappa shape index (κ1) is 13.9. The fourth-order valence-electron chi connectivity index (χ4n) is 2.03. The van der Waals surface area contributed by atoms with Crippen molar-refractivity contribution < 1.29 is 14.3 Å². The summed E-state index contributed by atoms with van der Waals surface area (Å²) in [5.74, 6) is -0.529. The molecule has 1 aromatic rings. The number of aromatic nitrogens is 2. The van der Waals surface area contributed by atoms with Crippen LogP contribution in [0.4, 0.5) is 0 Å². The van der Waals surface area contributed by atoms with Gasteiger partial charge in [-0.1, -0.05) is 4.49 Å². The van der Waals surface area contributed by atoms with E-state index in [1.807, 2.05) is 20.8 Å². The van der Waals surface area contributed by atoms with Gasteiger partial charge in [-0.05, 0) is 45.1 Å². The summed E-state index contributed by atoms with van der Waals surface area (Å²) in [7, 11) is 0. The quantitative estimate of drug-likeness (QED) is 0.769. The number of esters is 1. The van der Waals surface area contributed by atoms with E-state index in [2.05, 4.69) is 9.59 Å². The molecule has 19 heavy (non-hydrogen) atoms. The van der Waals surface area contributed by atoms with E-state index in [4.69, 9.17) is 4.74 Å². The standard InChI is InChI=1S/C12H17N3O3S/c1-12(2,3)18-11(17)8-5-4-6-15(8)10(16)9-7-13-14-19-9/h7-8H,4-6H2,1-3H3/t8-/m1/s1. The van der Waals surface area contributed by atoms with Crippen molar-refractivity contribution >= 4 is 23.4 Å². The van der Waals surface area contributed by atoms with E-state index < -0.39 is 11.6 Å². The molecule has 2 heterocycles. The third-order valence-electron chi connectivity index (χ3n) is 2.76. The van der Waals surface area contributed by atoms with Gasteiger partial charge in [0, 0.05) is 6.54 Å². The van der Waals surface area contributed by atoms with Gasteiger partial charge in [-0.2, -0.15) is 0 Å². The highest BCUT2D eigenvalue weighted by atomic mass is 32.1. The minimum Gasteiger partial charge on any atom is -0.458 e. The molecule has 1 aliphatic rings. The number of amides is 1. The molecule has 2 rings (SSSR count). The lowest BCUT2D eigenvalue weighted by Crippen LogP contribution is -2.43. The molecule has 0 aromatic carbocycles. The van der Waals surface area contributed by atoms with Gasteiger partial charge in [0.25, 0.3) is 5.91 Å². The number of likely N-dealkylation sites (tertiary alicyclic amines) is 1. The Morgan fingerprint density at radius 3 is 2.79 bits per heavy atom. The number of hydrogen-bond donors (Lipinski definition) is 0. The Hall–Kier alpha value is -1.50. The Morgan fingerprint density at radius 1 is 1.47 bits per heavy atom. The third-order valence-corrected chi connectivity index (χ3v) is 3.42. The highest BCUT2D eigenvalue weighted by Crippen LogP contribution is 2.23. The van der Waals surface area contributed by atoms with Gasteiger partial charge >= 0.3 is 5.97 Å². The van der Waals surface area contributed by atoms with Gasteiger partial charge in [-0.25, -0.2) is 4.79 Å². The SMILES string of the molecule is CC(C)(C)OC(=O)[C@H]1CCCN1C(=O)c1cnns1. The molecule has 1 aliphatic heterocycles. The van der Waals surface area contributed by atoms with Crippen LogP contribution in [-0.4, -0.2) is 44.6 Å². The normalized spacial score (nSPS) is 19.5. The Bertz CT molecular complexity index is 467. The molecule has 1 aromatic heterocycles. The Balaban J connectivity index is 2.09. The van der Waals surface area contributed by atoms with Crippen LogP contribution in [0.1, 0.15) is 43.3 Å². The van der Waals surface area contributed by atoms with Gasteiger partial charge < -0.3 is 9.64 Å². The average Bonchev–Trinajstić information content (AvgIpc) is 2.97. The molecule has 0 N–H and O–H groups in total. The van der Waals surface area contributed by atoms with E-state index in [1.165, 1.54) is 6.20 Å². The van der Waals surface area contributed by atoms with Crippen LogP contribution in [0.15, 0.2) is 6.20 Å². The molecule has 0 bridgehead atoms. The van der Waals surface area contributed by atoms with Crippen LogP contribution in [0.3, 0.4) is 0 Å². The third kappa shape index (κ3) is 3.28. The Labute approximate surface area is 115 Å². The summed E-state index contributed by atoms with van der Waals surface area (Å²) in [5, 5.41) is 3.65. The number of hydrogen-bond acceptors (Lipinski definition) is 6. The molecule has 7 heteroatoms. The second kappa shape index (κ2) is 5.24. The van der Waals surface area contributed by atoms with Crippen LogP contribution >= 0.6 is 11.5 Å². The van der Waals surface area contributed by atoms with Gasteiger partial charge in [0.05, 0.1) is 6.20 Å². The van der Waals surface area contributed by atoms with E-state index in [-0.39, 0.29) is 11.9 Å². The van der Waals surface area contributed by atoms with E-state index in [0.29, 0.717) is 17.8 Å². The van der Waals surface area contributed by atoms with Crippen LogP contribution in [0.25, 0.3) is 0 Å². The van der Waals surface area contributed by atoms with Crippen LogP contribution in [0, 0.1) is 0 Å². The molecule has 0 unspecified atom stereocenters. The van der Waals surface area contributed by atoms with Crippen molar-refractivity contribution in [2.45, 2.75) is 45.3 Å². The number of carbonyl (C=O) groups excluding carboxylic acids is 2. The van der Waals surface area contributed by atoms with E-state index in [9.17, 15) is 9.59 Å². The molecule has 6 nitrogen and oxygen atoms in total. The molecule has 0 radical (unpaired) electrons. The van der Waals surface area contributed by atoms with Gasteiger partial charge in [-0.15, -0.1) is 5.10 Å².